The Bertz CT molecular complexity index is 318. The number of likely N-dealkylation sites (N-methyl/N-ethyl adjacent to an activating group) is 1. The molecule has 1 atom stereocenters. The molecule has 1 rings (SSSR count). The van der Waals surface area contributed by atoms with E-state index in [-0.39, 0.29) is 12.1 Å². The minimum absolute atomic E-state index is 0.108. The van der Waals surface area contributed by atoms with E-state index in [4.69, 9.17) is 0 Å². The van der Waals surface area contributed by atoms with Crippen molar-refractivity contribution in [3.8, 4) is 0 Å². The van der Waals surface area contributed by atoms with Crippen LogP contribution in [0.25, 0.3) is 0 Å². The van der Waals surface area contributed by atoms with Crippen molar-refractivity contribution in [3.63, 3.8) is 0 Å². The number of aromatic nitrogens is 2. The maximum Gasteiger partial charge on any atom is 0.105 e. The summed E-state index contributed by atoms with van der Waals surface area (Å²) in [5.41, 5.74) is -0.108. The van der Waals surface area contributed by atoms with E-state index in [9.17, 15) is 5.11 Å². The molecule has 98 valence electrons. The standard InChI is InChI=1S/C13H25N3O/c1-4-13(11-17,15-5-2)7-6-9-16-10-8-14-12(16)3/h8,10,15,17H,4-7,9,11H2,1-3H3. The van der Waals surface area contributed by atoms with Gasteiger partial charge < -0.3 is 15.0 Å². The Labute approximate surface area is 104 Å². The zero-order valence-corrected chi connectivity index (χ0v) is 11.2. The fourth-order valence-electron chi connectivity index (χ4n) is 2.24. The van der Waals surface area contributed by atoms with E-state index in [0.29, 0.717) is 0 Å². The van der Waals surface area contributed by atoms with Crippen molar-refractivity contribution in [2.45, 2.75) is 52.1 Å². The van der Waals surface area contributed by atoms with Crippen LogP contribution in [0.15, 0.2) is 12.4 Å². The molecule has 0 aliphatic heterocycles. The highest BCUT2D eigenvalue weighted by molar-refractivity contribution is 4.90. The lowest BCUT2D eigenvalue weighted by atomic mass is 9.91. The smallest absolute Gasteiger partial charge is 0.105 e. The fraction of sp³-hybridized carbons (Fsp3) is 0.769. The van der Waals surface area contributed by atoms with E-state index < -0.39 is 0 Å². The summed E-state index contributed by atoms with van der Waals surface area (Å²) in [6, 6.07) is 0. The molecule has 4 nitrogen and oxygen atoms in total. The van der Waals surface area contributed by atoms with E-state index >= 15 is 0 Å². The second kappa shape index (κ2) is 6.77. The maximum absolute atomic E-state index is 9.54. The van der Waals surface area contributed by atoms with Gasteiger partial charge in [0.05, 0.1) is 6.61 Å². The fourth-order valence-corrected chi connectivity index (χ4v) is 2.24. The molecule has 0 aliphatic rings. The molecule has 2 N–H and O–H groups in total. The lowest BCUT2D eigenvalue weighted by molar-refractivity contribution is 0.144. The average molecular weight is 239 g/mol. The summed E-state index contributed by atoms with van der Waals surface area (Å²) < 4.78 is 2.16. The van der Waals surface area contributed by atoms with Gasteiger partial charge >= 0.3 is 0 Å². The normalized spacial score (nSPS) is 14.8. The van der Waals surface area contributed by atoms with Gasteiger partial charge in [-0.1, -0.05) is 13.8 Å². The van der Waals surface area contributed by atoms with E-state index in [1.807, 2.05) is 19.3 Å². The van der Waals surface area contributed by atoms with Crippen molar-refractivity contribution in [1.82, 2.24) is 14.9 Å². The Hall–Kier alpha value is -0.870. The molecule has 1 aromatic rings. The van der Waals surface area contributed by atoms with Crippen LogP contribution in [0.4, 0.5) is 0 Å². The summed E-state index contributed by atoms with van der Waals surface area (Å²) in [6.45, 7) is 8.31. The number of nitrogens with zero attached hydrogens (tertiary/aromatic N) is 2. The zero-order chi connectivity index (χ0) is 12.7. The van der Waals surface area contributed by atoms with Gasteiger partial charge in [0.15, 0.2) is 0 Å². The summed E-state index contributed by atoms with van der Waals surface area (Å²) in [5, 5.41) is 13.0. The van der Waals surface area contributed by atoms with Gasteiger partial charge in [-0.15, -0.1) is 0 Å². The second-order valence-corrected chi connectivity index (χ2v) is 4.59. The van der Waals surface area contributed by atoms with Crippen LogP contribution in [-0.2, 0) is 6.54 Å². The summed E-state index contributed by atoms with van der Waals surface area (Å²) in [6.07, 6.45) is 6.85. The molecule has 4 heteroatoms. The lowest BCUT2D eigenvalue weighted by Gasteiger charge is -2.32. The van der Waals surface area contributed by atoms with Gasteiger partial charge in [-0.05, 0) is 32.7 Å². The predicted molar refractivity (Wildman–Crippen MR) is 70.0 cm³/mol. The third kappa shape index (κ3) is 3.82. The quantitative estimate of drug-likeness (QED) is 0.726. The topological polar surface area (TPSA) is 50.1 Å². The highest BCUT2D eigenvalue weighted by Gasteiger charge is 2.25. The summed E-state index contributed by atoms with van der Waals surface area (Å²) in [4.78, 5) is 4.21. The second-order valence-electron chi connectivity index (χ2n) is 4.59. The van der Waals surface area contributed by atoms with Crippen LogP contribution in [0.3, 0.4) is 0 Å². The minimum atomic E-state index is -0.108. The number of aryl methyl sites for hydroxylation is 2. The van der Waals surface area contributed by atoms with Gasteiger partial charge in [-0.3, -0.25) is 0 Å². The summed E-state index contributed by atoms with van der Waals surface area (Å²) in [5.74, 6) is 1.06. The zero-order valence-electron chi connectivity index (χ0n) is 11.2. The molecule has 0 amide bonds. The molecule has 1 aromatic heterocycles. The molecule has 0 bridgehead atoms. The average Bonchev–Trinajstić information content (AvgIpc) is 2.74. The third-order valence-electron chi connectivity index (χ3n) is 3.51. The number of hydrogen-bond acceptors (Lipinski definition) is 3. The van der Waals surface area contributed by atoms with Crippen LogP contribution < -0.4 is 5.32 Å². The molecule has 17 heavy (non-hydrogen) atoms. The highest BCUT2D eigenvalue weighted by atomic mass is 16.3. The largest absolute Gasteiger partial charge is 0.394 e. The molecule has 1 heterocycles. The number of nitrogens with one attached hydrogen (secondary N) is 1. The Kier molecular flexibility index (Phi) is 5.65. The van der Waals surface area contributed by atoms with Crippen LogP contribution in [-0.4, -0.2) is 33.3 Å². The number of imidazole rings is 1. The van der Waals surface area contributed by atoms with Gasteiger partial charge in [0.1, 0.15) is 5.82 Å². The van der Waals surface area contributed by atoms with Crippen molar-refractivity contribution < 1.29 is 5.11 Å². The van der Waals surface area contributed by atoms with E-state index in [0.717, 1.165) is 38.2 Å². The van der Waals surface area contributed by atoms with Crippen molar-refractivity contribution in [2.24, 2.45) is 0 Å². The third-order valence-corrected chi connectivity index (χ3v) is 3.51. The molecule has 0 radical (unpaired) electrons. The van der Waals surface area contributed by atoms with Crippen molar-refractivity contribution in [1.29, 1.82) is 0 Å². The van der Waals surface area contributed by atoms with Gasteiger partial charge in [0, 0.05) is 24.5 Å². The van der Waals surface area contributed by atoms with Crippen molar-refractivity contribution in [3.05, 3.63) is 18.2 Å². The number of aliphatic hydroxyl groups is 1. The maximum atomic E-state index is 9.54. The number of aliphatic hydroxyl groups excluding tert-OH is 1. The first kappa shape index (κ1) is 14.2. The Morgan fingerprint density at radius 2 is 2.24 bits per heavy atom. The molecule has 1 unspecified atom stereocenters. The van der Waals surface area contributed by atoms with Crippen molar-refractivity contribution >= 4 is 0 Å². The Balaban J connectivity index is 2.44. The van der Waals surface area contributed by atoms with Gasteiger partial charge in [-0.2, -0.15) is 0 Å². The van der Waals surface area contributed by atoms with Gasteiger partial charge in [0.25, 0.3) is 0 Å². The molecule has 0 aliphatic carbocycles. The monoisotopic (exact) mass is 239 g/mol. The molecule has 0 saturated heterocycles. The first-order valence-corrected chi connectivity index (χ1v) is 6.51. The van der Waals surface area contributed by atoms with Crippen LogP contribution in [0, 0.1) is 6.92 Å². The van der Waals surface area contributed by atoms with E-state index in [1.54, 1.807) is 0 Å². The van der Waals surface area contributed by atoms with Crippen molar-refractivity contribution in [2.75, 3.05) is 13.2 Å². The van der Waals surface area contributed by atoms with E-state index in [1.165, 1.54) is 0 Å². The molecule has 0 fully saturated rings. The first-order valence-electron chi connectivity index (χ1n) is 6.51. The van der Waals surface area contributed by atoms with Crippen LogP contribution in [0.5, 0.6) is 0 Å². The van der Waals surface area contributed by atoms with Crippen LogP contribution in [0.1, 0.15) is 38.9 Å². The number of rotatable bonds is 8. The van der Waals surface area contributed by atoms with E-state index in [2.05, 4.69) is 28.7 Å². The molecule has 0 saturated carbocycles. The molecule has 0 spiro atoms. The van der Waals surface area contributed by atoms with Crippen LogP contribution >= 0.6 is 0 Å². The highest BCUT2D eigenvalue weighted by Crippen LogP contribution is 2.17. The summed E-state index contributed by atoms with van der Waals surface area (Å²) in [7, 11) is 0. The number of hydrogen-bond donors (Lipinski definition) is 2. The summed E-state index contributed by atoms with van der Waals surface area (Å²) >= 11 is 0. The molecular formula is C13H25N3O. The Morgan fingerprint density at radius 3 is 2.71 bits per heavy atom. The minimum Gasteiger partial charge on any atom is -0.394 e. The predicted octanol–water partition coefficient (Wildman–Crippen LogP) is 1.72. The lowest BCUT2D eigenvalue weighted by Crippen LogP contribution is -2.48. The van der Waals surface area contributed by atoms with Crippen LogP contribution in [0.2, 0.25) is 0 Å². The SMILES string of the molecule is CCNC(CC)(CO)CCCn1ccnc1C. The molecular weight excluding hydrogens is 214 g/mol. The molecule has 0 aromatic carbocycles. The van der Waals surface area contributed by atoms with Gasteiger partial charge in [0.2, 0.25) is 0 Å². The Morgan fingerprint density at radius 1 is 1.47 bits per heavy atom. The van der Waals surface area contributed by atoms with Gasteiger partial charge in [-0.25, -0.2) is 4.98 Å². The first-order chi connectivity index (χ1) is 8.17.